The minimum atomic E-state index is -0.295. The van der Waals surface area contributed by atoms with Crippen LogP contribution in [0.2, 0.25) is 0 Å². The van der Waals surface area contributed by atoms with E-state index in [1.54, 1.807) is 17.8 Å². The fourth-order valence-electron chi connectivity index (χ4n) is 4.79. The maximum atomic E-state index is 12.3. The molecule has 168 valence electrons. The summed E-state index contributed by atoms with van der Waals surface area (Å²) < 4.78 is 11.0. The highest BCUT2D eigenvalue weighted by molar-refractivity contribution is 7.98. The lowest BCUT2D eigenvalue weighted by Crippen LogP contribution is -2.36. The smallest absolute Gasteiger partial charge is 0.336 e. The summed E-state index contributed by atoms with van der Waals surface area (Å²) in [6.07, 6.45) is 3.32. The number of benzene rings is 2. The Balaban J connectivity index is 1.34. The van der Waals surface area contributed by atoms with E-state index in [1.807, 2.05) is 18.2 Å². The van der Waals surface area contributed by atoms with E-state index in [0.29, 0.717) is 17.9 Å². The first-order chi connectivity index (χ1) is 16.2. The van der Waals surface area contributed by atoms with Gasteiger partial charge in [0.1, 0.15) is 16.4 Å². The molecule has 2 aromatic carbocycles. The number of aromatic nitrogens is 2. The second-order valence-corrected chi connectivity index (χ2v) is 9.66. The molecule has 7 heteroatoms. The molecule has 0 bridgehead atoms. The van der Waals surface area contributed by atoms with E-state index in [9.17, 15) is 4.79 Å². The van der Waals surface area contributed by atoms with Crippen LogP contribution in [0, 0.1) is 0 Å². The lowest BCUT2D eigenvalue weighted by atomic mass is 10.0. The SMILES string of the molecule is O=c1cc(CSc2nc(CN3CCOCC3)nc3ccccc23)c2cc3c(cc2o1)CCC3. The molecular weight excluding hydrogens is 434 g/mol. The molecule has 2 aliphatic rings. The number of thioether (sulfide) groups is 1. The van der Waals surface area contributed by atoms with Gasteiger partial charge in [-0.1, -0.05) is 18.2 Å². The minimum absolute atomic E-state index is 0.295. The quantitative estimate of drug-likeness (QED) is 0.250. The normalized spacial score (nSPS) is 16.5. The van der Waals surface area contributed by atoms with E-state index in [-0.39, 0.29) is 5.63 Å². The number of fused-ring (bicyclic) bond motifs is 3. The molecule has 0 saturated carbocycles. The summed E-state index contributed by atoms with van der Waals surface area (Å²) in [5.74, 6) is 1.48. The first kappa shape index (κ1) is 20.8. The molecule has 3 heterocycles. The van der Waals surface area contributed by atoms with Crippen LogP contribution in [0.1, 0.15) is 28.9 Å². The zero-order valence-corrected chi connectivity index (χ0v) is 19.2. The molecule has 33 heavy (non-hydrogen) atoms. The van der Waals surface area contributed by atoms with Crippen LogP contribution < -0.4 is 5.63 Å². The van der Waals surface area contributed by atoms with Crippen molar-refractivity contribution in [2.45, 2.75) is 36.6 Å². The Morgan fingerprint density at radius 3 is 2.67 bits per heavy atom. The largest absolute Gasteiger partial charge is 0.423 e. The molecule has 6 nitrogen and oxygen atoms in total. The van der Waals surface area contributed by atoms with Crippen LogP contribution in [0.4, 0.5) is 0 Å². The summed E-state index contributed by atoms with van der Waals surface area (Å²) in [6, 6.07) is 14.1. The number of hydrogen-bond acceptors (Lipinski definition) is 7. The van der Waals surface area contributed by atoms with Crippen molar-refractivity contribution in [2.24, 2.45) is 0 Å². The summed E-state index contributed by atoms with van der Waals surface area (Å²) in [4.78, 5) is 24.4. The minimum Gasteiger partial charge on any atom is -0.423 e. The van der Waals surface area contributed by atoms with Crippen molar-refractivity contribution in [2.75, 3.05) is 26.3 Å². The Labute approximate surface area is 196 Å². The van der Waals surface area contributed by atoms with Gasteiger partial charge in [0.05, 0.1) is 25.3 Å². The third-order valence-corrected chi connectivity index (χ3v) is 7.53. The molecule has 0 unspecified atom stereocenters. The lowest BCUT2D eigenvalue weighted by Gasteiger charge is -2.25. The number of hydrogen-bond donors (Lipinski definition) is 0. The third-order valence-electron chi connectivity index (χ3n) is 6.49. The van der Waals surface area contributed by atoms with Crippen molar-refractivity contribution in [3.05, 3.63) is 75.4 Å². The van der Waals surface area contributed by atoms with E-state index >= 15 is 0 Å². The second kappa shape index (κ2) is 8.89. The van der Waals surface area contributed by atoms with E-state index in [4.69, 9.17) is 19.1 Å². The van der Waals surface area contributed by atoms with Crippen molar-refractivity contribution in [3.8, 4) is 0 Å². The van der Waals surface area contributed by atoms with Gasteiger partial charge < -0.3 is 9.15 Å². The number of para-hydroxylation sites is 1. The first-order valence-corrected chi connectivity index (χ1v) is 12.5. The van der Waals surface area contributed by atoms with Gasteiger partial charge in [-0.05, 0) is 54.2 Å². The zero-order chi connectivity index (χ0) is 22.2. The molecular formula is C26H25N3O3S. The molecule has 1 saturated heterocycles. The highest BCUT2D eigenvalue weighted by atomic mass is 32.2. The Morgan fingerprint density at radius 2 is 1.79 bits per heavy atom. The van der Waals surface area contributed by atoms with E-state index in [2.05, 4.69) is 23.1 Å². The Bertz CT molecular complexity index is 1400. The van der Waals surface area contributed by atoms with Gasteiger partial charge in [-0.2, -0.15) is 0 Å². The van der Waals surface area contributed by atoms with Crippen molar-refractivity contribution in [1.29, 1.82) is 0 Å². The van der Waals surface area contributed by atoms with Crippen LogP contribution in [-0.4, -0.2) is 41.2 Å². The van der Waals surface area contributed by atoms with Gasteiger partial charge in [-0.15, -0.1) is 11.8 Å². The monoisotopic (exact) mass is 459 g/mol. The van der Waals surface area contributed by atoms with Crippen LogP contribution in [0.25, 0.3) is 21.9 Å². The topological polar surface area (TPSA) is 68.5 Å². The zero-order valence-electron chi connectivity index (χ0n) is 18.4. The molecule has 1 aliphatic heterocycles. The maximum Gasteiger partial charge on any atom is 0.336 e. The van der Waals surface area contributed by atoms with Gasteiger partial charge >= 0.3 is 5.63 Å². The lowest BCUT2D eigenvalue weighted by molar-refractivity contribution is 0.0330. The maximum absolute atomic E-state index is 12.3. The molecule has 0 spiro atoms. The highest BCUT2D eigenvalue weighted by Crippen LogP contribution is 2.33. The Morgan fingerprint density at radius 1 is 0.970 bits per heavy atom. The molecule has 0 radical (unpaired) electrons. The molecule has 4 aromatic rings. The predicted octanol–water partition coefficient (Wildman–Crippen LogP) is 4.35. The predicted molar refractivity (Wildman–Crippen MR) is 130 cm³/mol. The van der Waals surface area contributed by atoms with Gasteiger partial charge in [0.2, 0.25) is 0 Å². The van der Waals surface area contributed by atoms with Crippen LogP contribution in [0.5, 0.6) is 0 Å². The van der Waals surface area contributed by atoms with Gasteiger partial charge in [-0.3, -0.25) is 4.90 Å². The summed E-state index contributed by atoms with van der Waals surface area (Å²) >= 11 is 1.66. The number of rotatable bonds is 5. The van der Waals surface area contributed by atoms with Crippen LogP contribution in [0.3, 0.4) is 0 Å². The van der Waals surface area contributed by atoms with Crippen LogP contribution >= 0.6 is 11.8 Å². The number of aryl methyl sites for hydroxylation is 2. The van der Waals surface area contributed by atoms with Crippen molar-refractivity contribution < 1.29 is 9.15 Å². The average molecular weight is 460 g/mol. The molecule has 0 atom stereocenters. The Kier molecular flexibility index (Phi) is 5.62. The van der Waals surface area contributed by atoms with E-state index in [0.717, 1.165) is 71.8 Å². The Hall–Kier alpha value is -2.74. The van der Waals surface area contributed by atoms with Gasteiger partial charge in [-0.25, -0.2) is 14.8 Å². The number of ether oxygens (including phenoxy) is 1. The van der Waals surface area contributed by atoms with Gasteiger partial charge in [0, 0.05) is 35.7 Å². The van der Waals surface area contributed by atoms with Gasteiger partial charge in [0.15, 0.2) is 0 Å². The summed E-state index contributed by atoms with van der Waals surface area (Å²) in [7, 11) is 0. The molecule has 1 aliphatic carbocycles. The van der Waals surface area contributed by atoms with E-state index in [1.165, 1.54) is 17.5 Å². The van der Waals surface area contributed by atoms with Gasteiger partial charge in [0.25, 0.3) is 0 Å². The van der Waals surface area contributed by atoms with Crippen molar-refractivity contribution in [1.82, 2.24) is 14.9 Å². The first-order valence-electron chi connectivity index (χ1n) is 11.5. The third kappa shape index (κ3) is 4.28. The van der Waals surface area contributed by atoms with Crippen LogP contribution in [-0.2, 0) is 29.9 Å². The number of morpholine rings is 1. The van der Waals surface area contributed by atoms with Crippen molar-refractivity contribution in [3.63, 3.8) is 0 Å². The molecule has 0 N–H and O–H groups in total. The van der Waals surface area contributed by atoms with Crippen molar-refractivity contribution >= 4 is 33.6 Å². The summed E-state index contributed by atoms with van der Waals surface area (Å²) in [5, 5.41) is 3.03. The molecule has 0 amide bonds. The molecule has 1 fully saturated rings. The standard InChI is InChI=1S/C26H25N3O3S/c30-25-14-19(21-12-17-4-3-5-18(17)13-23(21)32-25)16-33-26-20-6-1-2-7-22(20)27-24(28-26)15-29-8-10-31-11-9-29/h1-2,6-7,12-14H,3-5,8-11,15-16H2. The van der Waals surface area contributed by atoms with E-state index < -0.39 is 0 Å². The van der Waals surface area contributed by atoms with Crippen LogP contribution in [0.15, 0.2) is 56.7 Å². The fraction of sp³-hybridized carbons (Fsp3) is 0.346. The molecule has 6 rings (SSSR count). The highest BCUT2D eigenvalue weighted by Gasteiger charge is 2.17. The molecule has 2 aromatic heterocycles. The second-order valence-electron chi connectivity index (χ2n) is 8.70. The summed E-state index contributed by atoms with van der Waals surface area (Å²) in [5.41, 5.74) is 5.04. The number of nitrogens with zero attached hydrogens (tertiary/aromatic N) is 3. The average Bonchev–Trinajstić information content (AvgIpc) is 3.29. The fourth-order valence-corrected chi connectivity index (χ4v) is 5.82. The summed E-state index contributed by atoms with van der Waals surface area (Å²) in [6.45, 7) is 4.01.